The van der Waals surface area contributed by atoms with Crippen molar-refractivity contribution in [3.05, 3.63) is 133 Å². The van der Waals surface area contributed by atoms with Crippen molar-refractivity contribution in [1.29, 1.82) is 0 Å². The SMILES string of the molecule is c1ccc2c(c1)oc1c2nc(-c2ccc(-c3ccc4c5ccccc5c5ccccc5c4n3)cc2)c2oc3ccccc3c21. The Kier molecular flexibility index (Phi) is 4.69. The molecule has 44 heavy (non-hydrogen) atoms. The maximum absolute atomic E-state index is 6.45. The van der Waals surface area contributed by atoms with E-state index < -0.39 is 0 Å². The third-order valence-corrected chi connectivity index (χ3v) is 8.87. The average Bonchev–Trinajstić information content (AvgIpc) is 3.67. The number of rotatable bonds is 2. The molecule has 0 unspecified atom stereocenters. The lowest BCUT2D eigenvalue weighted by Gasteiger charge is -2.11. The van der Waals surface area contributed by atoms with E-state index in [1.807, 2.05) is 36.4 Å². The lowest BCUT2D eigenvalue weighted by atomic mass is 9.96. The first-order valence-electron chi connectivity index (χ1n) is 14.8. The maximum atomic E-state index is 6.45. The molecule has 10 aromatic rings. The van der Waals surface area contributed by atoms with Crippen LogP contribution >= 0.6 is 0 Å². The fourth-order valence-electron chi connectivity index (χ4n) is 6.83. The first-order valence-corrected chi connectivity index (χ1v) is 14.8. The highest BCUT2D eigenvalue weighted by atomic mass is 16.3. The highest BCUT2D eigenvalue weighted by molar-refractivity contribution is 6.25. The largest absolute Gasteiger partial charge is 0.454 e. The molecule has 0 N–H and O–H groups in total. The van der Waals surface area contributed by atoms with Crippen LogP contribution in [-0.2, 0) is 0 Å². The molecule has 0 fully saturated rings. The van der Waals surface area contributed by atoms with Crippen LogP contribution in [0.5, 0.6) is 0 Å². The number of para-hydroxylation sites is 2. The Bertz CT molecular complexity index is 2730. The molecular formula is C40H22N2O2. The topological polar surface area (TPSA) is 52.1 Å². The summed E-state index contributed by atoms with van der Waals surface area (Å²) in [5, 5.41) is 8.99. The number of hydrogen-bond donors (Lipinski definition) is 0. The molecule has 4 heterocycles. The summed E-state index contributed by atoms with van der Waals surface area (Å²) in [4.78, 5) is 10.4. The minimum atomic E-state index is 0.729. The number of hydrogen-bond acceptors (Lipinski definition) is 4. The van der Waals surface area contributed by atoms with Crippen LogP contribution in [0.3, 0.4) is 0 Å². The summed E-state index contributed by atoms with van der Waals surface area (Å²) in [5.74, 6) is 0. The standard InChI is InChI=1S/C40H22N2O2/c1-2-11-27-25(9-1)26-10-3-4-12-28(26)37-29(27)21-22-32(41-37)23-17-19-24(20-18-23)36-39-35(30-13-5-7-15-33(30)43-39)40-38(42-36)31-14-6-8-16-34(31)44-40/h1-22H. The van der Waals surface area contributed by atoms with Gasteiger partial charge in [0.15, 0.2) is 11.2 Å². The zero-order valence-corrected chi connectivity index (χ0v) is 23.4. The van der Waals surface area contributed by atoms with Gasteiger partial charge < -0.3 is 8.83 Å². The molecule has 0 atom stereocenters. The predicted octanol–water partition coefficient (Wildman–Crippen LogP) is 11.1. The number of benzene rings is 6. The van der Waals surface area contributed by atoms with Gasteiger partial charge >= 0.3 is 0 Å². The maximum Gasteiger partial charge on any atom is 0.165 e. The monoisotopic (exact) mass is 562 g/mol. The van der Waals surface area contributed by atoms with E-state index in [-0.39, 0.29) is 0 Å². The number of nitrogens with zero attached hydrogens (tertiary/aromatic N) is 2. The van der Waals surface area contributed by atoms with Gasteiger partial charge in [0.25, 0.3) is 0 Å². The molecule has 4 aromatic heterocycles. The quantitative estimate of drug-likeness (QED) is 0.197. The van der Waals surface area contributed by atoms with Crippen molar-refractivity contribution in [2.75, 3.05) is 0 Å². The molecule has 0 radical (unpaired) electrons. The van der Waals surface area contributed by atoms with Crippen LogP contribution in [0.2, 0.25) is 0 Å². The van der Waals surface area contributed by atoms with E-state index in [9.17, 15) is 0 Å². The second-order valence-corrected chi connectivity index (χ2v) is 11.3. The zero-order valence-electron chi connectivity index (χ0n) is 23.4. The number of furan rings is 2. The minimum absolute atomic E-state index is 0.729. The minimum Gasteiger partial charge on any atom is -0.454 e. The zero-order chi connectivity index (χ0) is 28.8. The number of fused-ring (bicyclic) bond motifs is 13. The molecule has 4 nitrogen and oxygen atoms in total. The van der Waals surface area contributed by atoms with Crippen molar-refractivity contribution in [3.8, 4) is 22.5 Å². The summed E-state index contributed by atoms with van der Waals surface area (Å²) in [6.45, 7) is 0. The molecule has 0 amide bonds. The summed E-state index contributed by atoms with van der Waals surface area (Å²) < 4.78 is 12.8. The Labute approximate surface area is 250 Å². The average molecular weight is 563 g/mol. The number of aromatic nitrogens is 2. The van der Waals surface area contributed by atoms with Crippen molar-refractivity contribution in [2.45, 2.75) is 0 Å². The van der Waals surface area contributed by atoms with Crippen LogP contribution in [0.4, 0.5) is 0 Å². The molecule has 0 bridgehead atoms. The van der Waals surface area contributed by atoms with Crippen LogP contribution in [-0.4, -0.2) is 9.97 Å². The Balaban J connectivity index is 1.17. The van der Waals surface area contributed by atoms with E-state index in [4.69, 9.17) is 18.8 Å². The Morgan fingerprint density at radius 2 is 0.886 bits per heavy atom. The summed E-state index contributed by atoms with van der Waals surface area (Å²) >= 11 is 0. The number of pyridine rings is 2. The first-order chi connectivity index (χ1) is 21.8. The van der Waals surface area contributed by atoms with Crippen LogP contribution in [0.25, 0.3) is 99.0 Å². The van der Waals surface area contributed by atoms with Gasteiger partial charge in [-0.05, 0) is 46.5 Å². The molecule has 4 heteroatoms. The molecule has 0 aliphatic rings. The molecule has 204 valence electrons. The predicted molar refractivity (Wildman–Crippen MR) is 180 cm³/mol. The van der Waals surface area contributed by atoms with Gasteiger partial charge in [-0.25, -0.2) is 9.97 Å². The van der Waals surface area contributed by atoms with Gasteiger partial charge in [0, 0.05) is 32.7 Å². The Morgan fingerprint density at radius 1 is 0.364 bits per heavy atom. The van der Waals surface area contributed by atoms with Crippen molar-refractivity contribution >= 4 is 76.5 Å². The first kappa shape index (κ1) is 23.6. The lowest BCUT2D eigenvalue weighted by molar-refractivity contribution is 0.661. The lowest BCUT2D eigenvalue weighted by Crippen LogP contribution is -1.90. The molecule has 6 aromatic carbocycles. The normalized spacial score (nSPS) is 12.1. The molecule has 0 saturated carbocycles. The van der Waals surface area contributed by atoms with E-state index in [0.29, 0.717) is 0 Å². The van der Waals surface area contributed by atoms with Crippen LogP contribution in [0.15, 0.2) is 142 Å². The van der Waals surface area contributed by atoms with Gasteiger partial charge in [0.05, 0.1) is 16.6 Å². The van der Waals surface area contributed by atoms with Gasteiger partial charge in [0.1, 0.15) is 22.4 Å². The molecule has 0 spiro atoms. The van der Waals surface area contributed by atoms with Gasteiger partial charge in [-0.1, -0.05) is 103 Å². The second kappa shape index (κ2) is 8.76. The van der Waals surface area contributed by atoms with Crippen LogP contribution < -0.4 is 0 Å². The molecule has 0 saturated heterocycles. The molecule has 0 aliphatic carbocycles. The Morgan fingerprint density at radius 3 is 1.61 bits per heavy atom. The van der Waals surface area contributed by atoms with E-state index in [1.165, 1.54) is 16.2 Å². The third kappa shape index (κ3) is 3.22. The van der Waals surface area contributed by atoms with Crippen LogP contribution in [0, 0.1) is 0 Å². The molecular weight excluding hydrogens is 540 g/mol. The Hall–Kier alpha value is -6.00. The van der Waals surface area contributed by atoms with E-state index in [1.54, 1.807) is 0 Å². The highest BCUT2D eigenvalue weighted by Crippen LogP contribution is 2.42. The van der Waals surface area contributed by atoms with E-state index in [0.717, 1.165) is 82.8 Å². The van der Waals surface area contributed by atoms with Crippen LogP contribution in [0.1, 0.15) is 0 Å². The van der Waals surface area contributed by atoms with E-state index in [2.05, 4.69) is 97.1 Å². The second-order valence-electron chi connectivity index (χ2n) is 11.3. The molecule has 0 aliphatic heterocycles. The fraction of sp³-hybridized carbons (Fsp3) is 0. The molecule has 10 rings (SSSR count). The summed E-state index contributed by atoms with van der Waals surface area (Å²) in [5.41, 5.74) is 8.73. The van der Waals surface area contributed by atoms with Crippen molar-refractivity contribution in [3.63, 3.8) is 0 Å². The third-order valence-electron chi connectivity index (χ3n) is 8.87. The van der Waals surface area contributed by atoms with Gasteiger partial charge in [-0.2, -0.15) is 0 Å². The van der Waals surface area contributed by atoms with Gasteiger partial charge in [0.2, 0.25) is 0 Å². The van der Waals surface area contributed by atoms with Crippen molar-refractivity contribution in [2.24, 2.45) is 0 Å². The van der Waals surface area contributed by atoms with E-state index >= 15 is 0 Å². The highest BCUT2D eigenvalue weighted by Gasteiger charge is 2.22. The van der Waals surface area contributed by atoms with Gasteiger partial charge in [-0.15, -0.1) is 0 Å². The van der Waals surface area contributed by atoms with Crippen molar-refractivity contribution < 1.29 is 8.83 Å². The van der Waals surface area contributed by atoms with Gasteiger partial charge in [-0.3, -0.25) is 0 Å². The summed E-state index contributed by atoms with van der Waals surface area (Å²) in [6.07, 6.45) is 0. The summed E-state index contributed by atoms with van der Waals surface area (Å²) in [6, 6.07) is 46.1. The van der Waals surface area contributed by atoms with Crippen molar-refractivity contribution in [1.82, 2.24) is 9.97 Å². The fourth-order valence-corrected chi connectivity index (χ4v) is 6.83. The summed E-state index contributed by atoms with van der Waals surface area (Å²) in [7, 11) is 0. The smallest absolute Gasteiger partial charge is 0.165 e.